The Kier molecular flexibility index (Phi) is 2.14. The first-order valence-electron chi connectivity index (χ1n) is 4.26. The maximum absolute atomic E-state index is 11.0. The predicted molar refractivity (Wildman–Crippen MR) is 53.8 cm³/mol. The molecule has 0 aliphatic carbocycles. The summed E-state index contributed by atoms with van der Waals surface area (Å²) in [4.78, 5) is 11.0. The van der Waals surface area contributed by atoms with E-state index >= 15 is 0 Å². The Morgan fingerprint density at radius 3 is 2.87 bits per heavy atom. The third-order valence-electron chi connectivity index (χ3n) is 2.06. The van der Waals surface area contributed by atoms with E-state index < -0.39 is 5.63 Å². The summed E-state index contributed by atoms with van der Waals surface area (Å²) in [6.07, 6.45) is 0. The lowest BCUT2D eigenvalue weighted by molar-refractivity contribution is 0.412. The Bertz CT molecular complexity index is 607. The smallest absolute Gasteiger partial charge is 0.336 e. The zero-order valence-electron chi connectivity index (χ0n) is 7.98. The van der Waals surface area contributed by atoms with E-state index in [2.05, 4.69) is 0 Å². The van der Waals surface area contributed by atoms with Gasteiger partial charge in [0.25, 0.3) is 0 Å². The van der Waals surface area contributed by atoms with Crippen LogP contribution >= 0.6 is 0 Å². The Hall–Kier alpha value is -2.28. The standard InChI is InChI=1S/C11H7NO3/c1-14-9-5-10-7(4-8(9)6-12)2-3-11(13)15-10/h2-5H,1H3. The lowest BCUT2D eigenvalue weighted by Gasteiger charge is -2.03. The van der Waals surface area contributed by atoms with Crippen LogP contribution in [-0.4, -0.2) is 7.11 Å². The van der Waals surface area contributed by atoms with Crippen molar-refractivity contribution in [3.8, 4) is 11.8 Å². The number of ether oxygens (including phenoxy) is 1. The summed E-state index contributed by atoms with van der Waals surface area (Å²) in [5.41, 5.74) is 0.409. The molecule has 2 aromatic rings. The number of nitriles is 1. The van der Waals surface area contributed by atoms with Crippen LogP contribution in [0.1, 0.15) is 5.56 Å². The molecule has 0 amide bonds. The fraction of sp³-hybridized carbons (Fsp3) is 0.0909. The van der Waals surface area contributed by atoms with Gasteiger partial charge in [-0.1, -0.05) is 0 Å². The third kappa shape index (κ3) is 1.55. The van der Waals surface area contributed by atoms with Gasteiger partial charge in [0.1, 0.15) is 17.4 Å². The van der Waals surface area contributed by atoms with Gasteiger partial charge in [0, 0.05) is 17.5 Å². The molecule has 0 aliphatic rings. The summed E-state index contributed by atoms with van der Waals surface area (Å²) in [7, 11) is 1.46. The van der Waals surface area contributed by atoms with E-state index in [1.807, 2.05) is 6.07 Å². The van der Waals surface area contributed by atoms with Crippen LogP contribution in [0.2, 0.25) is 0 Å². The summed E-state index contributed by atoms with van der Waals surface area (Å²) in [6, 6.07) is 8.10. The molecule has 0 saturated carbocycles. The Morgan fingerprint density at radius 2 is 2.20 bits per heavy atom. The molecule has 0 radical (unpaired) electrons. The average molecular weight is 201 g/mol. The fourth-order valence-electron chi connectivity index (χ4n) is 1.35. The largest absolute Gasteiger partial charge is 0.495 e. The molecule has 0 N–H and O–H groups in total. The molecule has 0 aliphatic heterocycles. The maximum atomic E-state index is 11.0. The van der Waals surface area contributed by atoms with E-state index in [4.69, 9.17) is 14.4 Å². The highest BCUT2D eigenvalue weighted by Crippen LogP contribution is 2.24. The molecule has 0 unspecified atom stereocenters. The molecule has 0 fully saturated rings. The summed E-state index contributed by atoms with van der Waals surface area (Å²) in [5.74, 6) is 0.402. The van der Waals surface area contributed by atoms with Crippen LogP contribution in [0, 0.1) is 11.3 Å². The summed E-state index contributed by atoms with van der Waals surface area (Å²) in [6.45, 7) is 0. The highest BCUT2D eigenvalue weighted by Gasteiger charge is 2.06. The van der Waals surface area contributed by atoms with E-state index in [-0.39, 0.29) is 0 Å². The Morgan fingerprint density at radius 1 is 1.40 bits per heavy atom. The number of rotatable bonds is 1. The van der Waals surface area contributed by atoms with Crippen LogP contribution < -0.4 is 10.4 Å². The van der Waals surface area contributed by atoms with Crippen molar-refractivity contribution in [2.24, 2.45) is 0 Å². The average Bonchev–Trinajstić information content (AvgIpc) is 2.27. The van der Waals surface area contributed by atoms with E-state index in [1.165, 1.54) is 19.2 Å². The minimum absolute atomic E-state index is 0.402. The highest BCUT2D eigenvalue weighted by atomic mass is 16.5. The van der Waals surface area contributed by atoms with Gasteiger partial charge >= 0.3 is 5.63 Å². The summed E-state index contributed by atoms with van der Waals surface area (Å²) in [5, 5.41) is 9.54. The SMILES string of the molecule is COc1cc2oc(=O)ccc2cc1C#N. The first kappa shape index (κ1) is 9.28. The van der Waals surface area contributed by atoms with Crippen molar-refractivity contribution in [1.29, 1.82) is 5.26 Å². The van der Waals surface area contributed by atoms with Gasteiger partial charge in [-0.05, 0) is 12.1 Å². The molecule has 1 aromatic carbocycles. The van der Waals surface area contributed by atoms with Crippen LogP contribution in [-0.2, 0) is 0 Å². The molecule has 0 saturated heterocycles. The molecular weight excluding hydrogens is 194 g/mol. The van der Waals surface area contributed by atoms with Crippen molar-refractivity contribution >= 4 is 11.0 Å². The van der Waals surface area contributed by atoms with Crippen LogP contribution in [0.15, 0.2) is 33.5 Å². The number of fused-ring (bicyclic) bond motifs is 1. The normalized spacial score (nSPS) is 9.87. The van der Waals surface area contributed by atoms with Crippen molar-refractivity contribution in [2.75, 3.05) is 7.11 Å². The molecule has 1 aromatic heterocycles. The first-order valence-corrected chi connectivity index (χ1v) is 4.26. The van der Waals surface area contributed by atoms with Crippen LogP contribution in [0.3, 0.4) is 0 Å². The summed E-state index contributed by atoms with van der Waals surface area (Å²) >= 11 is 0. The van der Waals surface area contributed by atoms with E-state index in [9.17, 15) is 4.79 Å². The second kappa shape index (κ2) is 3.46. The molecule has 1 heterocycles. The Balaban J connectivity index is 2.82. The van der Waals surface area contributed by atoms with Gasteiger partial charge in [0.15, 0.2) is 0 Å². The van der Waals surface area contributed by atoms with E-state index in [0.717, 1.165) is 0 Å². The lowest BCUT2D eigenvalue weighted by atomic mass is 10.1. The lowest BCUT2D eigenvalue weighted by Crippen LogP contribution is -1.95. The highest BCUT2D eigenvalue weighted by molar-refractivity contribution is 5.80. The second-order valence-corrected chi connectivity index (χ2v) is 2.96. The molecule has 0 spiro atoms. The first-order chi connectivity index (χ1) is 7.24. The minimum Gasteiger partial charge on any atom is -0.495 e. The van der Waals surface area contributed by atoms with Gasteiger partial charge < -0.3 is 9.15 Å². The van der Waals surface area contributed by atoms with Crippen molar-refractivity contribution in [3.05, 3.63) is 40.2 Å². The minimum atomic E-state index is -0.422. The monoisotopic (exact) mass is 201 g/mol. The van der Waals surface area contributed by atoms with Crippen LogP contribution in [0.4, 0.5) is 0 Å². The van der Waals surface area contributed by atoms with E-state index in [1.54, 1.807) is 12.1 Å². The number of hydrogen-bond donors (Lipinski definition) is 0. The van der Waals surface area contributed by atoms with E-state index in [0.29, 0.717) is 22.3 Å². The van der Waals surface area contributed by atoms with Gasteiger partial charge in [0.05, 0.1) is 12.7 Å². The summed E-state index contributed by atoms with van der Waals surface area (Å²) < 4.78 is 9.96. The predicted octanol–water partition coefficient (Wildman–Crippen LogP) is 1.67. The zero-order chi connectivity index (χ0) is 10.8. The molecule has 0 bridgehead atoms. The molecule has 0 atom stereocenters. The molecule has 4 heteroatoms. The van der Waals surface area contributed by atoms with Gasteiger partial charge in [-0.3, -0.25) is 0 Å². The van der Waals surface area contributed by atoms with Gasteiger partial charge in [-0.15, -0.1) is 0 Å². The molecular formula is C11H7NO3. The molecule has 4 nitrogen and oxygen atoms in total. The quantitative estimate of drug-likeness (QED) is 0.658. The van der Waals surface area contributed by atoms with Crippen molar-refractivity contribution in [1.82, 2.24) is 0 Å². The fourth-order valence-corrected chi connectivity index (χ4v) is 1.35. The number of methoxy groups -OCH3 is 1. The van der Waals surface area contributed by atoms with Gasteiger partial charge in [0.2, 0.25) is 0 Å². The zero-order valence-corrected chi connectivity index (χ0v) is 7.98. The maximum Gasteiger partial charge on any atom is 0.336 e. The number of hydrogen-bond acceptors (Lipinski definition) is 4. The second-order valence-electron chi connectivity index (χ2n) is 2.96. The number of nitrogens with zero attached hydrogens (tertiary/aromatic N) is 1. The Labute approximate surface area is 85.3 Å². The van der Waals surface area contributed by atoms with Crippen LogP contribution in [0.25, 0.3) is 11.0 Å². The van der Waals surface area contributed by atoms with Gasteiger partial charge in [-0.25, -0.2) is 4.79 Å². The van der Waals surface area contributed by atoms with Gasteiger partial charge in [-0.2, -0.15) is 5.26 Å². The molecule has 15 heavy (non-hydrogen) atoms. The third-order valence-corrected chi connectivity index (χ3v) is 2.06. The molecule has 2 rings (SSSR count). The van der Waals surface area contributed by atoms with Crippen LogP contribution in [0.5, 0.6) is 5.75 Å². The van der Waals surface area contributed by atoms with Crippen molar-refractivity contribution in [3.63, 3.8) is 0 Å². The molecule has 74 valence electrons. The number of benzene rings is 1. The van der Waals surface area contributed by atoms with Crippen molar-refractivity contribution in [2.45, 2.75) is 0 Å². The topological polar surface area (TPSA) is 63.2 Å². The van der Waals surface area contributed by atoms with Crippen molar-refractivity contribution < 1.29 is 9.15 Å².